The highest BCUT2D eigenvalue weighted by Crippen LogP contribution is 2.39. The van der Waals surface area contributed by atoms with Crippen LogP contribution in [0.4, 0.5) is 0 Å². The molecule has 1 saturated carbocycles. The number of ether oxygens (including phenoxy) is 5. The highest BCUT2D eigenvalue weighted by Gasteiger charge is 2.56. The number of aliphatic hydroxyl groups is 4. The lowest BCUT2D eigenvalue weighted by Crippen LogP contribution is -2.64. The molecule has 4 rings (SSSR count). The van der Waals surface area contributed by atoms with Crippen LogP contribution in [0.15, 0.2) is 23.3 Å². The number of piperidine rings is 1. The summed E-state index contributed by atoms with van der Waals surface area (Å²) < 4.78 is 30.0. The molecule has 61 heavy (non-hydrogen) atoms. The van der Waals surface area contributed by atoms with Crippen molar-refractivity contribution in [3.8, 4) is 0 Å². The number of hydrogen-bond donors (Lipinski definition) is 5. The van der Waals surface area contributed by atoms with Crippen LogP contribution in [0.5, 0.6) is 0 Å². The Morgan fingerprint density at radius 1 is 0.951 bits per heavy atom. The van der Waals surface area contributed by atoms with E-state index in [1.807, 2.05) is 13.0 Å². The predicted octanol–water partition coefficient (Wildman–Crippen LogP) is 3.29. The van der Waals surface area contributed by atoms with Crippen LogP contribution in [0.3, 0.4) is 0 Å². The number of amides is 1. The largest absolute Gasteiger partial charge is 0.481 e. The highest BCUT2D eigenvalue weighted by molar-refractivity contribution is 6.39. The van der Waals surface area contributed by atoms with Crippen molar-refractivity contribution >= 4 is 29.4 Å². The lowest BCUT2D eigenvalue weighted by Gasteiger charge is -2.47. The smallest absolute Gasteiger partial charge is 0.329 e. The molecule has 3 aliphatic heterocycles. The fraction of sp³-hybridized carbons (Fsp3) is 0.800. The van der Waals surface area contributed by atoms with Crippen LogP contribution in [-0.4, -0.2) is 149 Å². The van der Waals surface area contributed by atoms with E-state index in [2.05, 4.69) is 0 Å². The second kappa shape index (κ2) is 23.0. The zero-order valence-corrected chi connectivity index (χ0v) is 37.0. The Bertz CT molecular complexity index is 1580. The van der Waals surface area contributed by atoms with Gasteiger partial charge in [-0.1, -0.05) is 31.6 Å². The second-order valence-corrected chi connectivity index (χ2v) is 18.0. The molecule has 2 bridgehead atoms. The van der Waals surface area contributed by atoms with E-state index in [1.165, 1.54) is 21.3 Å². The molecular weight excluding hydrogens is 794 g/mol. The molecule has 1 amide bonds. The normalized spacial score (nSPS) is 39.1. The summed E-state index contributed by atoms with van der Waals surface area (Å²) in [5, 5.41) is 53.6. The van der Waals surface area contributed by atoms with Gasteiger partial charge in [-0.2, -0.15) is 0 Å². The van der Waals surface area contributed by atoms with E-state index in [-0.39, 0.29) is 75.7 Å². The zero-order chi connectivity index (χ0) is 45.2. The van der Waals surface area contributed by atoms with Crippen LogP contribution in [-0.2, 0) is 47.7 Å². The van der Waals surface area contributed by atoms with Gasteiger partial charge in [0.2, 0.25) is 5.79 Å². The van der Waals surface area contributed by atoms with E-state index in [9.17, 15) is 49.5 Å². The van der Waals surface area contributed by atoms with Crippen LogP contribution in [0.1, 0.15) is 111 Å². The molecule has 0 aromatic carbocycles. The number of carboxylic acids is 1. The number of fused-ring (bicyclic) bond motifs is 3. The maximum Gasteiger partial charge on any atom is 0.329 e. The Balaban J connectivity index is 1.81. The Hall–Kier alpha value is -3.09. The van der Waals surface area contributed by atoms with Crippen molar-refractivity contribution in [1.82, 2.24) is 4.90 Å². The van der Waals surface area contributed by atoms with Crippen LogP contribution >= 0.6 is 0 Å². The summed E-state index contributed by atoms with van der Waals surface area (Å²) in [5.41, 5.74) is 1.32. The minimum Gasteiger partial charge on any atom is -0.481 e. The average molecular weight is 866 g/mol. The first-order valence-corrected chi connectivity index (χ1v) is 22.0. The quantitative estimate of drug-likeness (QED) is 0.120. The van der Waals surface area contributed by atoms with Gasteiger partial charge < -0.3 is 54.1 Å². The Kier molecular flexibility index (Phi) is 19.1. The summed E-state index contributed by atoms with van der Waals surface area (Å²) >= 11 is 0. The minimum absolute atomic E-state index is 0.0316. The molecule has 2 saturated heterocycles. The standard InChI is InChI=1S/C45H71NO15/c1-25-17-30(11-10-13-39(51)52)36(50)23-35(49)28(4)40(26(2)19-29-14-15-34(48)31(21-29)24-47)60-44(55)33-12-8-9-16-46(33)43(54)42(53)45(56)27(3)20-37(58-6)41(61-45)38(59-7)22-32(18-25)57-5/h17,19,27-35,37-38,40-41,47-49,56H,8-16,18,20-24H2,1-7H3,(H,51,52)/b25-17+,26-19+/t27-,28-,29+,30-,31+,32+,33+,34-,35+,37+,38+,40-,41+,45-/m1/s1. The Morgan fingerprint density at radius 3 is 2.28 bits per heavy atom. The Morgan fingerprint density at radius 2 is 1.64 bits per heavy atom. The molecule has 0 unspecified atom stereocenters. The van der Waals surface area contributed by atoms with Crippen LogP contribution in [0.2, 0.25) is 0 Å². The van der Waals surface area contributed by atoms with E-state index in [1.54, 1.807) is 26.8 Å². The summed E-state index contributed by atoms with van der Waals surface area (Å²) in [5.74, 6) is -10.0. The number of hydrogen-bond acceptors (Lipinski definition) is 14. The molecule has 3 heterocycles. The van der Waals surface area contributed by atoms with Gasteiger partial charge in [0.25, 0.3) is 11.7 Å². The van der Waals surface area contributed by atoms with Gasteiger partial charge in [-0.3, -0.25) is 19.2 Å². The number of carboxylic acid groups (broad SMARTS) is 1. The van der Waals surface area contributed by atoms with Crippen molar-refractivity contribution in [2.45, 2.75) is 166 Å². The van der Waals surface area contributed by atoms with E-state index in [0.717, 1.165) is 10.5 Å². The van der Waals surface area contributed by atoms with Crippen molar-refractivity contribution < 1.29 is 73.2 Å². The van der Waals surface area contributed by atoms with Crippen molar-refractivity contribution in [3.63, 3.8) is 0 Å². The van der Waals surface area contributed by atoms with Crippen molar-refractivity contribution in [2.24, 2.45) is 29.6 Å². The maximum absolute atomic E-state index is 14.4. The van der Waals surface area contributed by atoms with Gasteiger partial charge in [0.1, 0.15) is 24.0 Å². The molecule has 16 heteroatoms. The molecule has 5 N–H and O–H groups in total. The van der Waals surface area contributed by atoms with Gasteiger partial charge in [-0.25, -0.2) is 4.79 Å². The van der Waals surface area contributed by atoms with Crippen LogP contribution in [0, 0.1) is 29.6 Å². The first kappa shape index (κ1) is 50.6. The number of esters is 1. The van der Waals surface area contributed by atoms with Gasteiger partial charge in [-0.05, 0) is 89.5 Å². The third-order valence-electron chi connectivity index (χ3n) is 13.5. The van der Waals surface area contributed by atoms with Crippen LogP contribution < -0.4 is 0 Å². The number of nitrogens with zero attached hydrogens (tertiary/aromatic N) is 1. The fourth-order valence-corrected chi connectivity index (χ4v) is 9.70. The Labute approximate surface area is 360 Å². The zero-order valence-electron chi connectivity index (χ0n) is 37.0. The maximum atomic E-state index is 14.4. The van der Waals surface area contributed by atoms with E-state index in [4.69, 9.17) is 23.7 Å². The summed E-state index contributed by atoms with van der Waals surface area (Å²) in [6.45, 7) is 6.65. The third-order valence-corrected chi connectivity index (χ3v) is 13.5. The molecule has 4 aliphatic rings. The van der Waals surface area contributed by atoms with Gasteiger partial charge in [0, 0.05) is 77.4 Å². The number of rotatable bonds is 10. The molecule has 14 atom stereocenters. The molecule has 1 aliphatic carbocycles. The van der Waals surface area contributed by atoms with Gasteiger partial charge in [0.05, 0.1) is 30.5 Å². The second-order valence-electron chi connectivity index (χ2n) is 18.0. The van der Waals surface area contributed by atoms with E-state index in [0.29, 0.717) is 44.1 Å². The monoisotopic (exact) mass is 865 g/mol. The number of allylic oxidation sites excluding steroid dienone is 2. The number of methoxy groups -OCH3 is 3. The van der Waals surface area contributed by atoms with E-state index < -0.39 is 95.9 Å². The van der Waals surface area contributed by atoms with E-state index >= 15 is 0 Å². The number of Topliss-reactive ketones (excluding diaryl/α,β-unsaturated/α-hetero) is 2. The molecule has 0 aromatic rings. The van der Waals surface area contributed by atoms with Gasteiger partial charge >= 0.3 is 11.9 Å². The molecule has 346 valence electrons. The van der Waals surface area contributed by atoms with Crippen molar-refractivity contribution in [2.75, 3.05) is 34.5 Å². The third kappa shape index (κ3) is 12.8. The summed E-state index contributed by atoms with van der Waals surface area (Å²) in [4.78, 5) is 69.6. The summed E-state index contributed by atoms with van der Waals surface area (Å²) in [7, 11) is 4.44. The fourth-order valence-electron chi connectivity index (χ4n) is 9.70. The molecule has 0 spiro atoms. The molecule has 0 aromatic heterocycles. The number of carbonyl (C=O) groups is 5. The van der Waals surface area contributed by atoms with Gasteiger partial charge in [-0.15, -0.1) is 0 Å². The summed E-state index contributed by atoms with van der Waals surface area (Å²) in [6.07, 6.45) is 0.912. The highest BCUT2D eigenvalue weighted by atomic mass is 16.7. The molecule has 0 radical (unpaired) electrons. The lowest BCUT2D eigenvalue weighted by molar-refractivity contribution is -0.303. The molecular formula is C45H71NO15. The summed E-state index contributed by atoms with van der Waals surface area (Å²) in [6, 6.07) is -1.21. The van der Waals surface area contributed by atoms with Crippen LogP contribution in [0.25, 0.3) is 0 Å². The number of aliphatic carboxylic acids is 1. The number of ketones is 2. The first-order chi connectivity index (χ1) is 28.9. The number of carbonyl (C=O) groups excluding carboxylic acids is 4. The number of aliphatic hydroxyl groups excluding tert-OH is 3. The lowest BCUT2D eigenvalue weighted by atomic mass is 9.78. The average Bonchev–Trinajstić information content (AvgIpc) is 3.23. The first-order valence-electron chi connectivity index (χ1n) is 22.0. The number of cyclic esters (lactones) is 1. The van der Waals surface area contributed by atoms with Crippen molar-refractivity contribution in [1.29, 1.82) is 0 Å². The minimum atomic E-state index is -2.60. The van der Waals surface area contributed by atoms with Gasteiger partial charge in [0.15, 0.2) is 0 Å². The SMILES string of the molecule is CO[C@H]1C/C(C)=C/[C@@H](CCCC(=O)O)C(=O)C[C@H](O)[C@@H](C)[C@@H](/C(C)=C/[C@@H]2CC[C@@H](O)[C@H](CO)C2)OC(=O)[C@@H]2CCCCN2C(=O)C(=O)[C@]2(O)O[C@H]([C@@H](OC)C1)[C@@H](OC)C[C@H]2C. The predicted molar refractivity (Wildman–Crippen MR) is 221 cm³/mol. The topological polar surface area (TPSA) is 236 Å². The molecule has 16 nitrogen and oxygen atoms in total. The van der Waals surface area contributed by atoms with Crippen molar-refractivity contribution in [3.05, 3.63) is 23.3 Å². The molecule has 3 fully saturated rings.